The lowest BCUT2D eigenvalue weighted by Crippen LogP contribution is -2.38. The van der Waals surface area contributed by atoms with Crippen LogP contribution < -0.4 is 10.6 Å². The van der Waals surface area contributed by atoms with Crippen LogP contribution in [0.4, 0.5) is 0 Å². The van der Waals surface area contributed by atoms with Gasteiger partial charge >= 0.3 is 5.97 Å². The van der Waals surface area contributed by atoms with Gasteiger partial charge < -0.3 is 19.8 Å². The first-order chi connectivity index (χ1) is 15.0. The number of aryl methyl sites for hydroxylation is 1. The molecule has 3 rings (SSSR count). The number of aromatic nitrogens is 2. The number of benzene rings is 1. The van der Waals surface area contributed by atoms with Crippen LogP contribution in [0.15, 0.2) is 46.0 Å². The molecule has 10 heteroatoms. The first-order valence-electron chi connectivity index (χ1n) is 10.2. The fraction of sp³-hybridized carbons (Fsp3) is 0.364. The van der Waals surface area contributed by atoms with Gasteiger partial charge in [-0.3, -0.25) is 0 Å². The molecule has 0 amide bonds. The molecule has 2 heterocycles. The standard InChI is InChI=1S/C22H27N5O3S.HI/c1-5-23-22(24-12-17-13-30-19(27-17)16-10-8-7-9-11-16)26-15(4)20-25-14(3)18(31-20)21(28)29-6-2;/h7-11,13,15H,5-6,12H2,1-4H3,(H2,23,24,26);1H. The van der Waals surface area contributed by atoms with Crippen LogP contribution in [-0.2, 0) is 11.3 Å². The third-order valence-electron chi connectivity index (χ3n) is 4.31. The summed E-state index contributed by atoms with van der Waals surface area (Å²) < 4.78 is 10.7. The number of guanidine groups is 1. The summed E-state index contributed by atoms with van der Waals surface area (Å²) in [6.07, 6.45) is 1.62. The number of thiazole rings is 1. The van der Waals surface area contributed by atoms with E-state index in [9.17, 15) is 4.79 Å². The van der Waals surface area contributed by atoms with Gasteiger partial charge in [0.1, 0.15) is 21.8 Å². The van der Waals surface area contributed by atoms with Crippen molar-refractivity contribution in [3.05, 3.63) is 57.9 Å². The van der Waals surface area contributed by atoms with Crippen molar-refractivity contribution in [3.63, 3.8) is 0 Å². The molecule has 8 nitrogen and oxygen atoms in total. The van der Waals surface area contributed by atoms with Gasteiger partial charge in [-0.25, -0.2) is 19.8 Å². The van der Waals surface area contributed by atoms with Gasteiger partial charge in [0.25, 0.3) is 0 Å². The SMILES string of the molecule is CCNC(=NCc1coc(-c2ccccc2)n1)NC(C)c1nc(C)c(C(=O)OCC)s1.I. The number of nitrogens with one attached hydrogen (secondary N) is 2. The van der Waals surface area contributed by atoms with Crippen molar-refractivity contribution in [1.82, 2.24) is 20.6 Å². The highest BCUT2D eigenvalue weighted by Crippen LogP contribution is 2.24. The number of nitrogens with zero attached hydrogens (tertiary/aromatic N) is 3. The zero-order chi connectivity index (χ0) is 22.2. The molecule has 0 aliphatic heterocycles. The number of carbonyl (C=O) groups is 1. The Morgan fingerprint density at radius 3 is 2.69 bits per heavy atom. The molecule has 0 bridgehead atoms. The van der Waals surface area contributed by atoms with Crippen LogP contribution in [-0.4, -0.2) is 35.0 Å². The molecule has 1 aromatic carbocycles. The molecule has 0 saturated heterocycles. The highest BCUT2D eigenvalue weighted by molar-refractivity contribution is 14.0. The third-order valence-corrected chi connectivity index (χ3v) is 5.63. The van der Waals surface area contributed by atoms with Crippen molar-refractivity contribution < 1.29 is 13.9 Å². The molecule has 0 saturated carbocycles. The lowest BCUT2D eigenvalue weighted by Gasteiger charge is -2.15. The Bertz CT molecular complexity index is 1040. The van der Waals surface area contributed by atoms with Crippen LogP contribution in [0.1, 0.15) is 52.9 Å². The summed E-state index contributed by atoms with van der Waals surface area (Å²) in [6.45, 7) is 8.98. The predicted octanol–water partition coefficient (Wildman–Crippen LogP) is 4.72. The molecular weight excluding hydrogens is 541 g/mol. The van der Waals surface area contributed by atoms with Crippen LogP contribution in [0.25, 0.3) is 11.5 Å². The monoisotopic (exact) mass is 569 g/mol. The number of rotatable bonds is 8. The second kappa shape index (κ2) is 12.5. The third kappa shape index (κ3) is 6.76. The molecule has 0 spiro atoms. The van der Waals surface area contributed by atoms with Gasteiger partial charge in [0.2, 0.25) is 5.89 Å². The van der Waals surface area contributed by atoms with Gasteiger partial charge in [0.15, 0.2) is 5.96 Å². The van der Waals surface area contributed by atoms with E-state index in [1.807, 2.05) is 51.1 Å². The van der Waals surface area contributed by atoms with Crippen LogP contribution in [0.2, 0.25) is 0 Å². The molecule has 32 heavy (non-hydrogen) atoms. The molecule has 3 aromatic rings. The van der Waals surface area contributed by atoms with Crippen LogP contribution in [0, 0.1) is 6.92 Å². The van der Waals surface area contributed by atoms with Crippen LogP contribution >= 0.6 is 35.3 Å². The molecule has 1 unspecified atom stereocenters. The van der Waals surface area contributed by atoms with E-state index in [1.165, 1.54) is 11.3 Å². The number of ether oxygens (including phenoxy) is 1. The summed E-state index contributed by atoms with van der Waals surface area (Å²) in [5, 5.41) is 7.34. The van der Waals surface area contributed by atoms with Crippen molar-refractivity contribution >= 4 is 47.2 Å². The van der Waals surface area contributed by atoms with Gasteiger partial charge in [0.05, 0.1) is 24.9 Å². The molecule has 0 fully saturated rings. The summed E-state index contributed by atoms with van der Waals surface area (Å²) >= 11 is 1.33. The number of esters is 1. The zero-order valence-electron chi connectivity index (χ0n) is 18.5. The first-order valence-corrected chi connectivity index (χ1v) is 11.0. The van der Waals surface area contributed by atoms with Crippen molar-refractivity contribution in [2.45, 2.75) is 40.3 Å². The number of aliphatic imine (C=N–C) groups is 1. The smallest absolute Gasteiger partial charge is 0.350 e. The van der Waals surface area contributed by atoms with E-state index in [0.717, 1.165) is 16.3 Å². The molecule has 172 valence electrons. The Hall–Kier alpha value is -2.47. The molecule has 2 aromatic heterocycles. The Balaban J connectivity index is 0.00000363. The van der Waals surface area contributed by atoms with E-state index in [2.05, 4.69) is 25.6 Å². The van der Waals surface area contributed by atoms with Crippen molar-refractivity contribution in [2.24, 2.45) is 4.99 Å². The average molecular weight is 569 g/mol. The van der Waals surface area contributed by atoms with Gasteiger partial charge in [-0.2, -0.15) is 0 Å². The average Bonchev–Trinajstić information content (AvgIpc) is 3.40. The summed E-state index contributed by atoms with van der Waals surface area (Å²) in [5.41, 5.74) is 2.33. The molecule has 0 aliphatic rings. The maximum Gasteiger partial charge on any atom is 0.350 e. The second-order valence-corrected chi connectivity index (χ2v) is 7.79. The van der Waals surface area contributed by atoms with Crippen molar-refractivity contribution in [1.29, 1.82) is 0 Å². The molecule has 0 aliphatic carbocycles. The number of hydrogen-bond acceptors (Lipinski definition) is 7. The van der Waals surface area contributed by atoms with E-state index in [4.69, 9.17) is 9.15 Å². The lowest BCUT2D eigenvalue weighted by molar-refractivity contribution is 0.0531. The summed E-state index contributed by atoms with van der Waals surface area (Å²) in [6, 6.07) is 9.60. The Morgan fingerprint density at radius 2 is 2.00 bits per heavy atom. The van der Waals surface area contributed by atoms with Crippen LogP contribution in [0.3, 0.4) is 0 Å². The molecule has 2 N–H and O–H groups in total. The fourth-order valence-electron chi connectivity index (χ4n) is 2.83. The predicted molar refractivity (Wildman–Crippen MR) is 137 cm³/mol. The lowest BCUT2D eigenvalue weighted by atomic mass is 10.2. The summed E-state index contributed by atoms with van der Waals surface area (Å²) in [4.78, 5) is 26.2. The number of oxazole rings is 1. The zero-order valence-corrected chi connectivity index (χ0v) is 21.7. The topological polar surface area (TPSA) is 102 Å². The second-order valence-electron chi connectivity index (χ2n) is 6.76. The summed E-state index contributed by atoms with van der Waals surface area (Å²) in [5.74, 6) is 0.864. The number of hydrogen-bond donors (Lipinski definition) is 2. The highest BCUT2D eigenvalue weighted by Gasteiger charge is 2.20. The van der Waals surface area contributed by atoms with Crippen molar-refractivity contribution in [3.8, 4) is 11.5 Å². The largest absolute Gasteiger partial charge is 0.462 e. The molecule has 0 radical (unpaired) electrons. The maximum atomic E-state index is 12.1. The maximum absolute atomic E-state index is 12.1. The fourth-order valence-corrected chi connectivity index (χ4v) is 3.79. The van der Waals surface area contributed by atoms with Gasteiger partial charge in [-0.05, 0) is 39.8 Å². The van der Waals surface area contributed by atoms with Crippen LogP contribution in [0.5, 0.6) is 0 Å². The van der Waals surface area contributed by atoms with E-state index in [0.29, 0.717) is 42.1 Å². The number of halogens is 1. The molecular formula is C22H28IN5O3S. The molecule has 1 atom stereocenters. The van der Waals surface area contributed by atoms with Gasteiger partial charge in [0, 0.05) is 12.1 Å². The minimum atomic E-state index is -0.336. The normalized spacial score (nSPS) is 12.1. The van der Waals surface area contributed by atoms with E-state index in [-0.39, 0.29) is 36.0 Å². The van der Waals surface area contributed by atoms with E-state index < -0.39 is 0 Å². The van der Waals surface area contributed by atoms with E-state index in [1.54, 1.807) is 13.2 Å². The highest BCUT2D eigenvalue weighted by atomic mass is 127. The van der Waals surface area contributed by atoms with Crippen molar-refractivity contribution in [2.75, 3.05) is 13.2 Å². The Labute approximate surface area is 208 Å². The minimum Gasteiger partial charge on any atom is -0.462 e. The summed E-state index contributed by atoms with van der Waals surface area (Å²) in [7, 11) is 0. The number of carbonyl (C=O) groups excluding carboxylic acids is 1. The Kier molecular flexibility index (Phi) is 10.1. The van der Waals surface area contributed by atoms with Gasteiger partial charge in [-0.1, -0.05) is 18.2 Å². The Morgan fingerprint density at radius 1 is 1.25 bits per heavy atom. The van der Waals surface area contributed by atoms with E-state index >= 15 is 0 Å². The van der Waals surface area contributed by atoms with Gasteiger partial charge in [-0.15, -0.1) is 35.3 Å². The first kappa shape index (κ1) is 25.8. The minimum absolute atomic E-state index is 0. The quantitative estimate of drug-likeness (QED) is 0.175.